The van der Waals surface area contributed by atoms with Gasteiger partial charge in [-0.25, -0.2) is 0 Å². The minimum atomic E-state index is -0.153. The zero-order chi connectivity index (χ0) is 18.3. The number of hydrogen-bond acceptors (Lipinski definition) is 2. The highest BCUT2D eigenvalue weighted by atomic mass is 16.2. The summed E-state index contributed by atoms with van der Waals surface area (Å²) < 4.78 is 0. The smallest absolute Gasteiger partial charge is 0.255 e. The summed E-state index contributed by atoms with van der Waals surface area (Å²) >= 11 is 0. The summed E-state index contributed by atoms with van der Waals surface area (Å²) in [4.78, 5) is 27.6. The molecule has 2 aromatic carbocycles. The lowest BCUT2D eigenvalue weighted by molar-refractivity contribution is -0.117. The molecule has 0 bridgehead atoms. The Morgan fingerprint density at radius 3 is 2.27 bits per heavy atom. The maximum atomic E-state index is 12.5. The summed E-state index contributed by atoms with van der Waals surface area (Å²) in [7, 11) is 0. The zero-order valence-electron chi connectivity index (χ0n) is 14.8. The van der Waals surface area contributed by atoms with Crippen molar-refractivity contribution < 1.29 is 9.59 Å². The second kappa shape index (κ2) is 6.33. The molecular weight excluding hydrogens is 326 g/mol. The minimum Gasteiger partial charge on any atom is -0.358 e. The van der Waals surface area contributed by atoms with E-state index < -0.39 is 0 Å². The fourth-order valence-corrected chi connectivity index (χ4v) is 3.03. The van der Waals surface area contributed by atoms with Gasteiger partial charge in [-0.1, -0.05) is 0 Å². The molecular formula is C21H21N3O2. The van der Waals surface area contributed by atoms with Crippen molar-refractivity contribution in [3.05, 3.63) is 59.3 Å². The first-order chi connectivity index (χ1) is 12.5. The van der Waals surface area contributed by atoms with Crippen LogP contribution in [-0.4, -0.2) is 16.8 Å². The fourth-order valence-electron chi connectivity index (χ4n) is 3.03. The first kappa shape index (κ1) is 16.4. The van der Waals surface area contributed by atoms with Gasteiger partial charge in [0, 0.05) is 39.5 Å². The summed E-state index contributed by atoms with van der Waals surface area (Å²) in [6.45, 7) is 4.07. The molecule has 3 N–H and O–H groups in total. The van der Waals surface area contributed by atoms with E-state index in [2.05, 4.69) is 15.6 Å². The van der Waals surface area contributed by atoms with E-state index >= 15 is 0 Å². The normalized spacial score (nSPS) is 13.6. The van der Waals surface area contributed by atoms with Gasteiger partial charge in [0.1, 0.15) is 0 Å². The first-order valence-electron chi connectivity index (χ1n) is 8.82. The zero-order valence-corrected chi connectivity index (χ0v) is 14.8. The molecule has 26 heavy (non-hydrogen) atoms. The van der Waals surface area contributed by atoms with Gasteiger partial charge in [-0.05, 0) is 74.7 Å². The van der Waals surface area contributed by atoms with Gasteiger partial charge in [-0.2, -0.15) is 0 Å². The minimum absolute atomic E-state index is 0.0762. The molecule has 1 fully saturated rings. The van der Waals surface area contributed by atoms with Crippen LogP contribution in [0.25, 0.3) is 10.9 Å². The van der Waals surface area contributed by atoms with Crippen molar-refractivity contribution in [2.75, 3.05) is 10.6 Å². The van der Waals surface area contributed by atoms with Crippen LogP contribution in [-0.2, 0) is 4.79 Å². The van der Waals surface area contributed by atoms with Crippen molar-refractivity contribution in [3.63, 3.8) is 0 Å². The van der Waals surface area contributed by atoms with Crippen LogP contribution in [0.15, 0.2) is 42.5 Å². The van der Waals surface area contributed by atoms with E-state index in [4.69, 9.17) is 0 Å². The number of carbonyl (C=O) groups is 2. The van der Waals surface area contributed by atoms with Gasteiger partial charge in [-0.3, -0.25) is 9.59 Å². The van der Waals surface area contributed by atoms with E-state index in [-0.39, 0.29) is 17.7 Å². The highest BCUT2D eigenvalue weighted by Gasteiger charge is 2.29. The number of carbonyl (C=O) groups excluding carboxylic acids is 2. The lowest BCUT2D eigenvalue weighted by Gasteiger charge is -2.08. The van der Waals surface area contributed by atoms with Crippen molar-refractivity contribution in [1.29, 1.82) is 0 Å². The third-order valence-electron chi connectivity index (χ3n) is 4.93. The molecule has 3 aromatic rings. The van der Waals surface area contributed by atoms with E-state index in [1.165, 1.54) is 0 Å². The molecule has 5 nitrogen and oxygen atoms in total. The molecule has 1 saturated carbocycles. The van der Waals surface area contributed by atoms with Gasteiger partial charge < -0.3 is 15.6 Å². The van der Waals surface area contributed by atoms with Crippen molar-refractivity contribution in [3.8, 4) is 0 Å². The lowest BCUT2D eigenvalue weighted by Crippen LogP contribution is -2.14. The van der Waals surface area contributed by atoms with Crippen molar-refractivity contribution >= 4 is 34.1 Å². The monoisotopic (exact) mass is 347 g/mol. The molecule has 2 amide bonds. The van der Waals surface area contributed by atoms with Crippen molar-refractivity contribution in [1.82, 2.24) is 4.98 Å². The second-order valence-corrected chi connectivity index (χ2v) is 6.93. The SMILES string of the molecule is Cc1[nH]c2ccc(C(=O)Nc3ccc(NC(=O)C4CC4)cc3)cc2c1C. The summed E-state index contributed by atoms with van der Waals surface area (Å²) in [6.07, 6.45) is 1.95. The topological polar surface area (TPSA) is 74.0 Å². The van der Waals surface area contributed by atoms with Crippen LogP contribution in [0.2, 0.25) is 0 Å². The molecule has 1 aliphatic carbocycles. The number of benzene rings is 2. The largest absolute Gasteiger partial charge is 0.358 e. The fraction of sp³-hybridized carbons (Fsp3) is 0.238. The van der Waals surface area contributed by atoms with E-state index in [0.29, 0.717) is 11.3 Å². The maximum absolute atomic E-state index is 12.5. The number of rotatable bonds is 4. The summed E-state index contributed by atoms with van der Waals surface area (Å²) in [5.74, 6) is 0.0944. The Kier molecular flexibility index (Phi) is 3.99. The molecule has 1 heterocycles. The molecule has 0 spiro atoms. The number of aromatic amines is 1. The van der Waals surface area contributed by atoms with Crippen LogP contribution >= 0.6 is 0 Å². The van der Waals surface area contributed by atoms with Crippen LogP contribution in [0, 0.1) is 19.8 Å². The lowest BCUT2D eigenvalue weighted by atomic mass is 10.1. The van der Waals surface area contributed by atoms with Gasteiger partial charge in [0.25, 0.3) is 5.91 Å². The van der Waals surface area contributed by atoms with Gasteiger partial charge in [0.15, 0.2) is 0 Å². The number of aromatic nitrogens is 1. The van der Waals surface area contributed by atoms with Crippen LogP contribution < -0.4 is 10.6 Å². The molecule has 0 aliphatic heterocycles. The van der Waals surface area contributed by atoms with E-state index in [0.717, 1.165) is 40.7 Å². The Hall–Kier alpha value is -3.08. The standard InChI is InChI=1S/C21H21N3O2/c1-12-13(2)22-19-10-5-15(11-18(12)19)21(26)24-17-8-6-16(7-9-17)23-20(25)14-3-4-14/h5-11,14,22H,3-4H2,1-2H3,(H,23,25)(H,24,26). The molecule has 1 aromatic heterocycles. The first-order valence-corrected chi connectivity index (χ1v) is 8.82. The Morgan fingerprint density at radius 1 is 0.962 bits per heavy atom. The maximum Gasteiger partial charge on any atom is 0.255 e. The number of aryl methyl sites for hydroxylation is 2. The second-order valence-electron chi connectivity index (χ2n) is 6.93. The average molecular weight is 347 g/mol. The van der Waals surface area contributed by atoms with Crippen LogP contribution in [0.1, 0.15) is 34.5 Å². The molecule has 0 radical (unpaired) electrons. The summed E-state index contributed by atoms with van der Waals surface area (Å²) in [5, 5.41) is 6.86. The molecule has 1 aliphatic rings. The number of nitrogens with one attached hydrogen (secondary N) is 3. The third-order valence-corrected chi connectivity index (χ3v) is 4.93. The molecule has 5 heteroatoms. The highest BCUT2D eigenvalue weighted by molar-refractivity contribution is 6.06. The number of H-pyrrole nitrogens is 1. The molecule has 4 rings (SSSR count). The van der Waals surface area contributed by atoms with Gasteiger partial charge in [0.05, 0.1) is 0 Å². The number of anilines is 2. The Bertz CT molecular complexity index is 998. The predicted octanol–water partition coefficient (Wildman–Crippen LogP) is 4.39. The molecule has 0 atom stereocenters. The quantitative estimate of drug-likeness (QED) is 0.655. The third kappa shape index (κ3) is 3.20. The molecule has 0 saturated heterocycles. The van der Waals surface area contributed by atoms with E-state index in [9.17, 15) is 9.59 Å². The summed E-state index contributed by atoms with van der Waals surface area (Å²) in [5.41, 5.74) is 5.37. The van der Waals surface area contributed by atoms with Crippen molar-refractivity contribution in [2.45, 2.75) is 26.7 Å². The summed E-state index contributed by atoms with van der Waals surface area (Å²) in [6, 6.07) is 12.9. The number of amides is 2. The van der Waals surface area contributed by atoms with E-state index in [1.54, 1.807) is 24.3 Å². The Labute approximate surface area is 151 Å². The Morgan fingerprint density at radius 2 is 1.62 bits per heavy atom. The highest BCUT2D eigenvalue weighted by Crippen LogP contribution is 2.30. The van der Waals surface area contributed by atoms with Gasteiger partial charge >= 0.3 is 0 Å². The van der Waals surface area contributed by atoms with Crippen molar-refractivity contribution in [2.24, 2.45) is 5.92 Å². The number of hydrogen-bond donors (Lipinski definition) is 3. The van der Waals surface area contributed by atoms with Gasteiger partial charge in [0.2, 0.25) is 5.91 Å². The van der Waals surface area contributed by atoms with Crippen LogP contribution in [0.5, 0.6) is 0 Å². The van der Waals surface area contributed by atoms with Gasteiger partial charge in [-0.15, -0.1) is 0 Å². The predicted molar refractivity (Wildman–Crippen MR) is 104 cm³/mol. The number of fused-ring (bicyclic) bond motifs is 1. The average Bonchev–Trinajstić information content (AvgIpc) is 3.44. The Balaban J connectivity index is 1.47. The molecule has 132 valence electrons. The van der Waals surface area contributed by atoms with Crippen LogP contribution in [0.4, 0.5) is 11.4 Å². The van der Waals surface area contributed by atoms with E-state index in [1.807, 2.05) is 32.0 Å². The van der Waals surface area contributed by atoms with Crippen LogP contribution in [0.3, 0.4) is 0 Å². The molecule has 0 unspecified atom stereocenters.